The predicted octanol–water partition coefficient (Wildman–Crippen LogP) is 4.66. The van der Waals surface area contributed by atoms with Crippen LogP contribution in [-0.2, 0) is 13.0 Å². The number of aromatic nitrogens is 2. The second-order valence-electron chi connectivity index (χ2n) is 7.01. The summed E-state index contributed by atoms with van der Waals surface area (Å²) in [6.07, 6.45) is 2.24. The van der Waals surface area contributed by atoms with Gasteiger partial charge in [-0.15, -0.1) is 0 Å². The van der Waals surface area contributed by atoms with Crippen LogP contribution >= 0.6 is 0 Å². The van der Waals surface area contributed by atoms with Crippen LogP contribution in [0.25, 0.3) is 10.8 Å². The molecule has 3 aromatic carbocycles. The number of rotatable bonds is 5. The first-order chi connectivity index (χ1) is 14.2. The van der Waals surface area contributed by atoms with E-state index >= 15 is 0 Å². The van der Waals surface area contributed by atoms with E-state index in [0.29, 0.717) is 24.1 Å². The number of hydrogen-bond acceptors (Lipinski definition) is 3. The van der Waals surface area contributed by atoms with E-state index in [9.17, 15) is 10.1 Å². The lowest BCUT2D eigenvalue weighted by molar-refractivity contribution is 0.625. The Morgan fingerprint density at radius 2 is 1.72 bits per heavy atom. The highest BCUT2D eigenvalue weighted by molar-refractivity contribution is 5.85. The molecule has 4 heteroatoms. The second kappa shape index (κ2) is 8.12. The highest BCUT2D eigenvalue weighted by Crippen LogP contribution is 2.25. The second-order valence-corrected chi connectivity index (χ2v) is 7.01. The van der Waals surface area contributed by atoms with Gasteiger partial charge in [-0.25, -0.2) is 4.68 Å². The van der Waals surface area contributed by atoms with E-state index in [4.69, 9.17) is 0 Å². The number of nitrogens with zero attached hydrogens (tertiary/aromatic N) is 3. The Morgan fingerprint density at radius 1 is 1.00 bits per heavy atom. The van der Waals surface area contributed by atoms with E-state index in [0.717, 1.165) is 21.9 Å². The van der Waals surface area contributed by atoms with Crippen LogP contribution in [0.2, 0.25) is 0 Å². The lowest BCUT2D eigenvalue weighted by Crippen LogP contribution is -2.28. The van der Waals surface area contributed by atoms with Crippen molar-refractivity contribution in [1.29, 1.82) is 5.26 Å². The largest absolute Gasteiger partial charge is 0.270 e. The van der Waals surface area contributed by atoms with Crippen molar-refractivity contribution in [3.05, 3.63) is 112 Å². The molecular formula is C25H21N3O. The average molecular weight is 379 g/mol. The van der Waals surface area contributed by atoms with Gasteiger partial charge in [-0.1, -0.05) is 79.7 Å². The quantitative estimate of drug-likeness (QED) is 0.507. The SMILES string of the molecule is CCc1c(C(C#N)c2ccccc2)cnn(Cc2cccc3ccccc23)c1=O. The van der Waals surface area contributed by atoms with Gasteiger partial charge in [-0.2, -0.15) is 10.4 Å². The van der Waals surface area contributed by atoms with E-state index in [2.05, 4.69) is 29.4 Å². The average Bonchev–Trinajstić information content (AvgIpc) is 2.77. The first-order valence-corrected chi connectivity index (χ1v) is 9.73. The fourth-order valence-electron chi connectivity index (χ4n) is 3.82. The van der Waals surface area contributed by atoms with E-state index in [1.807, 2.05) is 61.5 Å². The van der Waals surface area contributed by atoms with Gasteiger partial charge in [0.2, 0.25) is 0 Å². The third-order valence-electron chi connectivity index (χ3n) is 5.30. The molecule has 0 radical (unpaired) electrons. The topological polar surface area (TPSA) is 58.7 Å². The van der Waals surface area contributed by atoms with Crippen LogP contribution in [-0.4, -0.2) is 9.78 Å². The maximum atomic E-state index is 13.2. The van der Waals surface area contributed by atoms with Crippen molar-refractivity contribution in [3.8, 4) is 6.07 Å². The van der Waals surface area contributed by atoms with Crippen LogP contribution < -0.4 is 5.56 Å². The zero-order chi connectivity index (χ0) is 20.2. The zero-order valence-electron chi connectivity index (χ0n) is 16.2. The third kappa shape index (κ3) is 3.55. The molecule has 4 nitrogen and oxygen atoms in total. The molecule has 0 saturated carbocycles. The summed E-state index contributed by atoms with van der Waals surface area (Å²) in [6.45, 7) is 2.35. The normalized spacial score (nSPS) is 11.9. The Morgan fingerprint density at radius 3 is 2.48 bits per heavy atom. The van der Waals surface area contributed by atoms with E-state index in [1.54, 1.807) is 6.20 Å². The van der Waals surface area contributed by atoms with Crippen molar-refractivity contribution in [2.75, 3.05) is 0 Å². The molecule has 0 aliphatic heterocycles. The van der Waals surface area contributed by atoms with Crippen molar-refractivity contribution in [2.24, 2.45) is 0 Å². The van der Waals surface area contributed by atoms with Crippen molar-refractivity contribution in [3.63, 3.8) is 0 Å². The van der Waals surface area contributed by atoms with Crippen molar-refractivity contribution in [1.82, 2.24) is 9.78 Å². The van der Waals surface area contributed by atoms with Gasteiger partial charge in [0.05, 0.1) is 24.7 Å². The number of nitriles is 1. The Hall–Kier alpha value is -3.71. The summed E-state index contributed by atoms with van der Waals surface area (Å²) < 4.78 is 1.50. The molecule has 0 amide bonds. The van der Waals surface area contributed by atoms with Crippen molar-refractivity contribution >= 4 is 10.8 Å². The van der Waals surface area contributed by atoms with E-state index in [1.165, 1.54) is 4.68 Å². The minimum Gasteiger partial charge on any atom is -0.267 e. The minimum absolute atomic E-state index is 0.130. The van der Waals surface area contributed by atoms with Gasteiger partial charge in [-0.3, -0.25) is 4.79 Å². The van der Waals surface area contributed by atoms with Crippen LogP contribution in [0.1, 0.15) is 35.1 Å². The molecule has 4 rings (SSSR count). The molecular weight excluding hydrogens is 358 g/mol. The fraction of sp³-hybridized carbons (Fsp3) is 0.160. The molecule has 0 spiro atoms. The van der Waals surface area contributed by atoms with Crippen molar-refractivity contribution in [2.45, 2.75) is 25.8 Å². The molecule has 0 fully saturated rings. The van der Waals surface area contributed by atoms with Gasteiger partial charge < -0.3 is 0 Å². The van der Waals surface area contributed by atoms with Crippen LogP contribution in [0.3, 0.4) is 0 Å². The standard InChI is InChI=1S/C25H21N3O/c1-2-21-24(23(15-26)19-9-4-3-5-10-19)16-27-28(25(21)29)17-20-13-8-12-18-11-6-7-14-22(18)20/h3-14,16,23H,2,17H2,1H3. The first-order valence-electron chi connectivity index (χ1n) is 9.73. The monoisotopic (exact) mass is 379 g/mol. The molecule has 1 unspecified atom stereocenters. The molecule has 142 valence electrons. The summed E-state index contributed by atoms with van der Waals surface area (Å²) in [5.74, 6) is -0.501. The van der Waals surface area contributed by atoms with Crippen LogP contribution in [0.15, 0.2) is 83.8 Å². The molecule has 0 bridgehead atoms. The smallest absolute Gasteiger partial charge is 0.267 e. The summed E-state index contributed by atoms with van der Waals surface area (Å²) in [4.78, 5) is 13.2. The summed E-state index contributed by atoms with van der Waals surface area (Å²) in [6, 6.07) is 26.1. The van der Waals surface area contributed by atoms with Crippen LogP contribution in [0.4, 0.5) is 0 Å². The fourth-order valence-corrected chi connectivity index (χ4v) is 3.82. The maximum Gasteiger partial charge on any atom is 0.270 e. The van der Waals surface area contributed by atoms with Gasteiger partial charge in [-0.05, 0) is 28.3 Å². The predicted molar refractivity (Wildman–Crippen MR) is 115 cm³/mol. The molecule has 29 heavy (non-hydrogen) atoms. The summed E-state index contributed by atoms with van der Waals surface area (Å²) in [7, 11) is 0. The highest BCUT2D eigenvalue weighted by atomic mass is 16.1. The molecule has 1 aromatic heterocycles. The van der Waals surface area contributed by atoms with Gasteiger partial charge in [0.15, 0.2) is 0 Å². The van der Waals surface area contributed by atoms with Crippen LogP contribution in [0.5, 0.6) is 0 Å². The number of hydrogen-bond donors (Lipinski definition) is 0. The first kappa shape index (κ1) is 18.6. The highest BCUT2D eigenvalue weighted by Gasteiger charge is 2.20. The van der Waals surface area contributed by atoms with Crippen molar-refractivity contribution < 1.29 is 0 Å². The Labute approximate surface area is 169 Å². The molecule has 4 aromatic rings. The number of fused-ring (bicyclic) bond motifs is 1. The van der Waals surface area contributed by atoms with Gasteiger partial charge >= 0.3 is 0 Å². The molecule has 0 aliphatic carbocycles. The minimum atomic E-state index is -0.501. The summed E-state index contributed by atoms with van der Waals surface area (Å²) in [5, 5.41) is 16.5. The number of benzene rings is 3. The molecule has 0 N–H and O–H groups in total. The lowest BCUT2D eigenvalue weighted by Gasteiger charge is -2.16. The molecule has 0 aliphatic rings. The Balaban J connectivity index is 1.78. The Bertz CT molecular complexity index is 1250. The van der Waals surface area contributed by atoms with Gasteiger partial charge in [0.1, 0.15) is 0 Å². The van der Waals surface area contributed by atoms with E-state index in [-0.39, 0.29) is 5.56 Å². The van der Waals surface area contributed by atoms with E-state index < -0.39 is 5.92 Å². The zero-order valence-corrected chi connectivity index (χ0v) is 16.2. The summed E-state index contributed by atoms with van der Waals surface area (Å²) in [5.41, 5.74) is 3.13. The lowest BCUT2D eigenvalue weighted by atomic mass is 9.90. The molecule has 1 atom stereocenters. The molecule has 1 heterocycles. The van der Waals surface area contributed by atoms with Crippen LogP contribution in [0, 0.1) is 11.3 Å². The van der Waals surface area contributed by atoms with Gasteiger partial charge in [0.25, 0.3) is 5.56 Å². The Kier molecular flexibility index (Phi) is 5.22. The third-order valence-corrected chi connectivity index (χ3v) is 5.30. The van der Waals surface area contributed by atoms with Gasteiger partial charge in [0, 0.05) is 11.1 Å². The summed E-state index contributed by atoms with van der Waals surface area (Å²) >= 11 is 0. The molecule has 0 saturated heterocycles. The maximum absolute atomic E-state index is 13.2.